The quantitative estimate of drug-likeness (QED) is 0.612. The van der Waals surface area contributed by atoms with Crippen molar-refractivity contribution >= 4 is 11.9 Å². The minimum absolute atomic E-state index is 0.0676. The predicted molar refractivity (Wildman–Crippen MR) is 94.6 cm³/mol. The fourth-order valence-corrected chi connectivity index (χ4v) is 2.45. The van der Waals surface area contributed by atoms with Crippen molar-refractivity contribution in [2.24, 2.45) is 0 Å². The van der Waals surface area contributed by atoms with Gasteiger partial charge in [-0.3, -0.25) is 4.79 Å². The van der Waals surface area contributed by atoms with Crippen molar-refractivity contribution in [3.8, 4) is 11.3 Å². The Hall–Kier alpha value is -3.49. The molecule has 9 heteroatoms. The van der Waals surface area contributed by atoms with Gasteiger partial charge in [-0.15, -0.1) is 0 Å². The van der Waals surface area contributed by atoms with Crippen molar-refractivity contribution in [1.29, 1.82) is 0 Å². The average Bonchev–Trinajstić information content (AvgIpc) is 3.37. The van der Waals surface area contributed by atoms with E-state index in [1.165, 1.54) is 37.5 Å². The summed E-state index contributed by atoms with van der Waals surface area (Å²) in [5.41, 5.74) is -0.680. The zero-order chi connectivity index (χ0) is 21.0. The normalized spacial score (nSPS) is 12.4. The van der Waals surface area contributed by atoms with E-state index in [1.807, 2.05) is 0 Å². The van der Waals surface area contributed by atoms with Crippen molar-refractivity contribution in [2.75, 3.05) is 0 Å². The Morgan fingerprint density at radius 1 is 1.14 bits per heavy atom. The molecule has 0 aliphatic carbocycles. The lowest BCUT2D eigenvalue weighted by atomic mass is 10.1. The van der Waals surface area contributed by atoms with E-state index in [1.54, 1.807) is 12.1 Å². The Balaban J connectivity index is 1.62. The second-order valence-corrected chi connectivity index (χ2v) is 6.09. The highest BCUT2D eigenvalue weighted by Crippen LogP contribution is 2.32. The van der Waals surface area contributed by atoms with E-state index >= 15 is 0 Å². The molecule has 2 heterocycles. The molecule has 1 N–H and O–H groups in total. The van der Waals surface area contributed by atoms with Crippen LogP contribution in [0.3, 0.4) is 0 Å². The topological polar surface area (TPSA) is 81.7 Å². The van der Waals surface area contributed by atoms with E-state index in [0.29, 0.717) is 5.76 Å². The van der Waals surface area contributed by atoms with E-state index in [-0.39, 0.29) is 23.6 Å². The van der Waals surface area contributed by atoms with Gasteiger partial charge in [0.2, 0.25) is 5.76 Å². The number of hydrogen-bond acceptors (Lipinski definition) is 5. The van der Waals surface area contributed by atoms with Gasteiger partial charge in [-0.2, -0.15) is 13.2 Å². The van der Waals surface area contributed by atoms with E-state index in [0.717, 1.165) is 12.1 Å². The summed E-state index contributed by atoms with van der Waals surface area (Å²) < 4.78 is 54.0. The van der Waals surface area contributed by atoms with E-state index in [2.05, 4.69) is 5.32 Å². The minimum atomic E-state index is -4.50. The first-order chi connectivity index (χ1) is 13.7. The van der Waals surface area contributed by atoms with Gasteiger partial charge in [0.25, 0.3) is 5.91 Å². The summed E-state index contributed by atoms with van der Waals surface area (Å²) in [6.07, 6.45) is -4.15. The van der Waals surface area contributed by atoms with Gasteiger partial charge in [0.15, 0.2) is 6.10 Å². The Morgan fingerprint density at radius 2 is 1.93 bits per heavy atom. The van der Waals surface area contributed by atoms with Crippen LogP contribution >= 0.6 is 0 Å². The van der Waals surface area contributed by atoms with Crippen molar-refractivity contribution < 1.29 is 36.3 Å². The first-order valence-electron chi connectivity index (χ1n) is 8.52. The number of hydrogen-bond donors (Lipinski definition) is 1. The van der Waals surface area contributed by atoms with Gasteiger partial charge in [0.1, 0.15) is 11.5 Å². The maximum absolute atomic E-state index is 12.8. The fraction of sp³-hybridized carbons (Fsp3) is 0.200. The first kappa shape index (κ1) is 20.2. The van der Waals surface area contributed by atoms with Crippen LogP contribution in [0, 0.1) is 0 Å². The van der Waals surface area contributed by atoms with Gasteiger partial charge in [0, 0.05) is 5.56 Å². The summed E-state index contributed by atoms with van der Waals surface area (Å²) >= 11 is 0. The molecular formula is C20H16F3NO5. The third-order valence-corrected chi connectivity index (χ3v) is 3.95. The number of alkyl halides is 3. The number of nitrogens with one attached hydrogen (secondary N) is 1. The summed E-state index contributed by atoms with van der Waals surface area (Å²) in [4.78, 5) is 24.2. The van der Waals surface area contributed by atoms with Crippen LogP contribution in [0.15, 0.2) is 63.6 Å². The highest BCUT2D eigenvalue weighted by atomic mass is 19.4. The molecule has 0 aliphatic rings. The third kappa shape index (κ3) is 5.07. The Kier molecular flexibility index (Phi) is 5.76. The SMILES string of the molecule is C[C@H](OC(=O)c1ccc(-c2cccc(C(F)(F)F)c2)o1)C(=O)NCc1ccco1. The molecule has 29 heavy (non-hydrogen) atoms. The molecule has 1 amide bonds. The first-order valence-corrected chi connectivity index (χ1v) is 8.52. The van der Waals surface area contributed by atoms with Gasteiger partial charge in [-0.05, 0) is 43.3 Å². The van der Waals surface area contributed by atoms with Gasteiger partial charge in [-0.1, -0.05) is 12.1 Å². The van der Waals surface area contributed by atoms with Gasteiger partial charge >= 0.3 is 12.1 Å². The molecule has 0 unspecified atom stereocenters. The number of ether oxygens (including phenoxy) is 1. The maximum Gasteiger partial charge on any atom is 0.416 e. The lowest BCUT2D eigenvalue weighted by Gasteiger charge is -2.12. The molecule has 152 valence electrons. The summed E-state index contributed by atoms with van der Waals surface area (Å²) in [5.74, 6) is -1.09. The highest BCUT2D eigenvalue weighted by Gasteiger charge is 2.30. The second kappa shape index (κ2) is 8.26. The van der Waals surface area contributed by atoms with Crippen LogP contribution in [0.25, 0.3) is 11.3 Å². The maximum atomic E-state index is 12.8. The third-order valence-electron chi connectivity index (χ3n) is 3.95. The smallest absolute Gasteiger partial charge is 0.416 e. The molecule has 1 atom stereocenters. The van der Waals surface area contributed by atoms with Crippen LogP contribution < -0.4 is 5.32 Å². The largest absolute Gasteiger partial charge is 0.467 e. The standard InChI is InChI=1S/C20H16F3NO5/c1-12(18(25)24-11-15-6-3-9-27-15)28-19(26)17-8-7-16(29-17)13-4-2-5-14(10-13)20(21,22)23/h2-10,12H,11H2,1H3,(H,24,25)/t12-/m0/s1. The zero-order valence-electron chi connectivity index (χ0n) is 15.2. The molecule has 0 saturated heterocycles. The molecular weight excluding hydrogens is 391 g/mol. The molecule has 0 radical (unpaired) electrons. The van der Waals surface area contributed by atoms with Crippen LogP contribution in [-0.4, -0.2) is 18.0 Å². The fourth-order valence-electron chi connectivity index (χ4n) is 2.45. The number of benzene rings is 1. The van der Waals surface area contributed by atoms with Crippen molar-refractivity contribution in [3.05, 3.63) is 71.9 Å². The molecule has 3 rings (SSSR count). The molecule has 2 aromatic heterocycles. The molecule has 0 bridgehead atoms. The molecule has 0 fully saturated rings. The average molecular weight is 407 g/mol. The number of halogens is 3. The van der Waals surface area contributed by atoms with Crippen molar-refractivity contribution in [3.63, 3.8) is 0 Å². The summed E-state index contributed by atoms with van der Waals surface area (Å²) in [7, 11) is 0. The summed E-state index contributed by atoms with van der Waals surface area (Å²) in [6, 6.07) is 10.5. The van der Waals surface area contributed by atoms with Crippen LogP contribution in [0.5, 0.6) is 0 Å². The van der Waals surface area contributed by atoms with Crippen LogP contribution in [0.2, 0.25) is 0 Å². The van der Waals surface area contributed by atoms with Gasteiger partial charge < -0.3 is 18.9 Å². The number of amides is 1. The molecule has 1 aromatic carbocycles. The van der Waals surface area contributed by atoms with Crippen LogP contribution in [0.1, 0.15) is 28.8 Å². The zero-order valence-corrected chi connectivity index (χ0v) is 15.2. The molecule has 6 nitrogen and oxygen atoms in total. The Bertz CT molecular complexity index is 992. The van der Waals surface area contributed by atoms with Crippen molar-refractivity contribution in [1.82, 2.24) is 5.32 Å². The lowest BCUT2D eigenvalue weighted by Crippen LogP contribution is -2.35. The molecule has 0 aliphatic heterocycles. The molecule has 3 aromatic rings. The Labute approximate surface area is 163 Å². The summed E-state index contributed by atoms with van der Waals surface area (Å²) in [6.45, 7) is 1.51. The monoisotopic (exact) mass is 407 g/mol. The van der Waals surface area contributed by atoms with E-state index < -0.39 is 29.7 Å². The lowest BCUT2D eigenvalue weighted by molar-refractivity contribution is -0.137. The molecule has 0 saturated carbocycles. The number of carbonyl (C=O) groups excluding carboxylic acids is 2. The number of carbonyl (C=O) groups is 2. The minimum Gasteiger partial charge on any atom is -0.467 e. The number of rotatable bonds is 6. The van der Waals surface area contributed by atoms with Crippen LogP contribution in [0.4, 0.5) is 13.2 Å². The number of esters is 1. The van der Waals surface area contributed by atoms with Gasteiger partial charge in [-0.25, -0.2) is 4.79 Å². The van der Waals surface area contributed by atoms with Gasteiger partial charge in [0.05, 0.1) is 18.4 Å². The number of furan rings is 2. The predicted octanol–water partition coefficient (Wildman–Crippen LogP) is 4.42. The highest BCUT2D eigenvalue weighted by molar-refractivity contribution is 5.90. The van der Waals surface area contributed by atoms with E-state index in [4.69, 9.17) is 13.6 Å². The van der Waals surface area contributed by atoms with E-state index in [9.17, 15) is 22.8 Å². The summed E-state index contributed by atoms with van der Waals surface area (Å²) in [5, 5.41) is 2.55. The van der Waals surface area contributed by atoms with Crippen LogP contribution in [-0.2, 0) is 22.3 Å². The Morgan fingerprint density at radius 3 is 2.62 bits per heavy atom. The second-order valence-electron chi connectivity index (χ2n) is 6.09. The van der Waals surface area contributed by atoms with Crippen molar-refractivity contribution in [2.45, 2.75) is 25.7 Å². The molecule has 0 spiro atoms.